The molecule has 1 aliphatic carbocycles. The van der Waals surface area contributed by atoms with Gasteiger partial charge < -0.3 is 9.84 Å². The van der Waals surface area contributed by atoms with Crippen LogP contribution >= 0.6 is 0 Å². The Morgan fingerprint density at radius 1 is 1.33 bits per heavy atom. The summed E-state index contributed by atoms with van der Waals surface area (Å²) >= 11 is 0. The van der Waals surface area contributed by atoms with Gasteiger partial charge in [0.15, 0.2) is 0 Å². The second-order valence-electron chi connectivity index (χ2n) is 3.88. The molecule has 1 N–H and O–H groups in total. The highest BCUT2D eigenvalue weighted by Gasteiger charge is 2.56. The summed E-state index contributed by atoms with van der Waals surface area (Å²) in [7, 11) is 0. The van der Waals surface area contributed by atoms with Crippen LogP contribution in [-0.4, -0.2) is 23.9 Å². The fourth-order valence-electron chi connectivity index (χ4n) is 2.14. The van der Waals surface area contributed by atoms with Crippen molar-refractivity contribution in [2.45, 2.75) is 31.3 Å². The maximum Gasteiger partial charge on any atom is 0.109 e. The van der Waals surface area contributed by atoms with Crippen molar-refractivity contribution in [2.24, 2.45) is 5.41 Å². The number of ether oxygens (including phenoxy) is 1. The minimum atomic E-state index is -0.847. The molecule has 1 atom stereocenters. The molecule has 0 unspecified atom stereocenters. The van der Waals surface area contributed by atoms with E-state index in [1.807, 2.05) is 0 Å². The van der Waals surface area contributed by atoms with Gasteiger partial charge in [0.25, 0.3) is 0 Å². The molecule has 12 heavy (non-hydrogen) atoms. The lowest BCUT2D eigenvalue weighted by atomic mass is 9.59. The van der Waals surface area contributed by atoms with Crippen molar-refractivity contribution in [3.8, 4) is 6.07 Å². The Kier molecular flexibility index (Phi) is 1.64. The van der Waals surface area contributed by atoms with Gasteiger partial charge in [-0.3, -0.25) is 0 Å². The van der Waals surface area contributed by atoms with Crippen molar-refractivity contribution in [3.63, 3.8) is 0 Å². The Morgan fingerprint density at radius 2 is 2.08 bits per heavy atom. The van der Waals surface area contributed by atoms with E-state index in [1.165, 1.54) is 0 Å². The summed E-state index contributed by atoms with van der Waals surface area (Å²) in [6, 6.07) is 2.27. The summed E-state index contributed by atoms with van der Waals surface area (Å²) in [5.41, 5.74) is -1.33. The molecule has 1 saturated heterocycles. The van der Waals surface area contributed by atoms with Gasteiger partial charge in [0.1, 0.15) is 5.60 Å². The van der Waals surface area contributed by atoms with Crippen LogP contribution in [0.2, 0.25) is 0 Å². The second kappa shape index (κ2) is 2.45. The summed E-state index contributed by atoms with van der Waals surface area (Å²) < 4.78 is 5.14. The Morgan fingerprint density at radius 3 is 2.42 bits per heavy atom. The highest BCUT2D eigenvalue weighted by Crippen LogP contribution is 2.51. The Labute approximate surface area is 71.9 Å². The number of nitrogens with zero attached hydrogens (tertiary/aromatic N) is 1. The average Bonchev–Trinajstić information content (AvgIpc) is 2.35. The van der Waals surface area contributed by atoms with Crippen molar-refractivity contribution >= 4 is 0 Å². The molecule has 0 aromatic rings. The van der Waals surface area contributed by atoms with Gasteiger partial charge in [0.05, 0.1) is 18.1 Å². The normalized spacial score (nSPS) is 38.7. The molecule has 0 radical (unpaired) electrons. The minimum absolute atomic E-state index is 0.348. The second-order valence-corrected chi connectivity index (χ2v) is 3.88. The highest BCUT2D eigenvalue weighted by molar-refractivity contribution is 5.16. The first-order valence-corrected chi connectivity index (χ1v) is 4.44. The number of hydrogen-bond acceptors (Lipinski definition) is 3. The van der Waals surface area contributed by atoms with Crippen LogP contribution in [0.4, 0.5) is 0 Å². The monoisotopic (exact) mass is 167 g/mol. The van der Waals surface area contributed by atoms with Crippen LogP contribution in [0.1, 0.15) is 25.7 Å². The molecule has 66 valence electrons. The van der Waals surface area contributed by atoms with Gasteiger partial charge in [0, 0.05) is 13.0 Å². The number of rotatable bonds is 1. The van der Waals surface area contributed by atoms with E-state index in [1.54, 1.807) is 0 Å². The van der Waals surface area contributed by atoms with Crippen molar-refractivity contribution in [2.75, 3.05) is 13.2 Å². The van der Waals surface area contributed by atoms with Gasteiger partial charge in [-0.25, -0.2) is 0 Å². The van der Waals surface area contributed by atoms with Crippen LogP contribution in [0.3, 0.4) is 0 Å². The first-order valence-electron chi connectivity index (χ1n) is 4.44. The lowest BCUT2D eigenvalue weighted by molar-refractivity contribution is -0.0944. The summed E-state index contributed by atoms with van der Waals surface area (Å²) in [4.78, 5) is 0. The van der Waals surface area contributed by atoms with E-state index in [2.05, 4.69) is 6.07 Å². The predicted octanol–water partition coefficient (Wildman–Crippen LogP) is 0.832. The van der Waals surface area contributed by atoms with Gasteiger partial charge in [-0.2, -0.15) is 5.26 Å². The zero-order valence-corrected chi connectivity index (χ0v) is 7.05. The summed E-state index contributed by atoms with van der Waals surface area (Å²) in [6.45, 7) is 0.945. The average molecular weight is 167 g/mol. The smallest absolute Gasteiger partial charge is 0.109 e. The molecule has 3 nitrogen and oxygen atoms in total. The maximum atomic E-state index is 10.1. The van der Waals surface area contributed by atoms with Gasteiger partial charge >= 0.3 is 0 Å². The first kappa shape index (κ1) is 8.03. The Balaban J connectivity index is 2.21. The number of aliphatic hydroxyl groups is 1. The maximum absolute atomic E-state index is 10.1. The van der Waals surface area contributed by atoms with Gasteiger partial charge in [-0.15, -0.1) is 0 Å². The first-order chi connectivity index (χ1) is 5.72. The number of nitriles is 1. The topological polar surface area (TPSA) is 53.2 Å². The zero-order chi connectivity index (χ0) is 8.66. The Bertz CT molecular complexity index is 221. The molecule has 0 bridgehead atoms. The van der Waals surface area contributed by atoms with E-state index in [4.69, 9.17) is 10.00 Å². The molecule has 2 fully saturated rings. The minimum Gasteiger partial charge on any atom is -0.386 e. The van der Waals surface area contributed by atoms with Gasteiger partial charge in [0.2, 0.25) is 0 Å². The molecule has 1 heterocycles. The third-order valence-electron chi connectivity index (χ3n) is 3.31. The van der Waals surface area contributed by atoms with E-state index >= 15 is 0 Å². The third-order valence-corrected chi connectivity index (χ3v) is 3.31. The van der Waals surface area contributed by atoms with E-state index in [0.29, 0.717) is 19.6 Å². The van der Waals surface area contributed by atoms with Crippen LogP contribution in [0.5, 0.6) is 0 Å². The van der Waals surface area contributed by atoms with Gasteiger partial charge in [-0.1, -0.05) is 6.42 Å². The fourth-order valence-corrected chi connectivity index (χ4v) is 2.14. The summed E-state index contributed by atoms with van der Waals surface area (Å²) in [5, 5.41) is 19.1. The van der Waals surface area contributed by atoms with Crippen molar-refractivity contribution in [1.82, 2.24) is 0 Å². The molecule has 1 aliphatic heterocycles. The quantitative estimate of drug-likeness (QED) is 0.629. The van der Waals surface area contributed by atoms with E-state index in [9.17, 15) is 5.11 Å². The van der Waals surface area contributed by atoms with E-state index in [-0.39, 0.29) is 0 Å². The molecular weight excluding hydrogens is 154 g/mol. The molecule has 0 amide bonds. The molecular formula is C9H13NO2. The molecule has 0 aromatic heterocycles. The molecule has 2 rings (SSSR count). The van der Waals surface area contributed by atoms with E-state index < -0.39 is 11.0 Å². The van der Waals surface area contributed by atoms with Crippen LogP contribution in [-0.2, 0) is 4.74 Å². The fraction of sp³-hybridized carbons (Fsp3) is 0.889. The largest absolute Gasteiger partial charge is 0.386 e. The molecule has 2 aliphatic rings. The van der Waals surface area contributed by atoms with E-state index in [0.717, 1.165) is 19.3 Å². The Hall–Kier alpha value is -0.590. The SMILES string of the molecule is N#CC1([C@]2(O)CCOC2)CCC1. The predicted molar refractivity (Wildman–Crippen MR) is 42.3 cm³/mol. The molecule has 1 saturated carbocycles. The lowest BCUT2D eigenvalue weighted by Crippen LogP contribution is -2.52. The molecule has 0 aromatic carbocycles. The summed E-state index contributed by atoms with van der Waals surface area (Å²) in [5.74, 6) is 0. The van der Waals surface area contributed by atoms with Crippen molar-refractivity contribution in [3.05, 3.63) is 0 Å². The number of hydrogen-bond donors (Lipinski definition) is 1. The lowest BCUT2D eigenvalue weighted by Gasteiger charge is -2.45. The molecule has 3 heteroatoms. The third kappa shape index (κ3) is 0.825. The zero-order valence-electron chi connectivity index (χ0n) is 7.05. The van der Waals surface area contributed by atoms with Crippen molar-refractivity contribution in [1.29, 1.82) is 5.26 Å². The summed E-state index contributed by atoms with van der Waals surface area (Å²) in [6.07, 6.45) is 3.36. The van der Waals surface area contributed by atoms with Gasteiger partial charge in [-0.05, 0) is 12.8 Å². The van der Waals surface area contributed by atoms with Crippen molar-refractivity contribution < 1.29 is 9.84 Å². The van der Waals surface area contributed by atoms with Crippen LogP contribution < -0.4 is 0 Å². The van der Waals surface area contributed by atoms with Crippen LogP contribution in [0.25, 0.3) is 0 Å². The molecule has 0 spiro atoms. The standard InChI is InChI=1S/C9H13NO2/c10-6-8(2-1-3-8)9(11)4-5-12-7-9/h11H,1-5,7H2/t9-/m0/s1. The highest BCUT2D eigenvalue weighted by atomic mass is 16.5. The van der Waals surface area contributed by atoms with Crippen LogP contribution in [0, 0.1) is 16.7 Å². The van der Waals surface area contributed by atoms with Crippen LogP contribution in [0.15, 0.2) is 0 Å².